The molecule has 20 heavy (non-hydrogen) atoms. The quantitative estimate of drug-likeness (QED) is 0.903. The summed E-state index contributed by atoms with van der Waals surface area (Å²) in [6.07, 6.45) is 0. The molecule has 0 bridgehead atoms. The highest BCUT2D eigenvalue weighted by Gasteiger charge is 2.08. The Balaban J connectivity index is 2.07. The molecule has 0 fully saturated rings. The molecule has 104 valence electrons. The van der Waals surface area contributed by atoms with Gasteiger partial charge in [0.15, 0.2) is 0 Å². The normalized spacial score (nSPS) is 10.6. The fourth-order valence-electron chi connectivity index (χ4n) is 1.96. The van der Waals surface area contributed by atoms with Crippen molar-refractivity contribution in [3.8, 4) is 5.75 Å². The third-order valence-corrected chi connectivity index (χ3v) is 3.19. The van der Waals surface area contributed by atoms with E-state index in [1.54, 1.807) is 18.2 Å². The number of ether oxygens (including phenoxy) is 1. The number of amides is 1. The maximum Gasteiger partial charge on any atom is 0.252 e. The average Bonchev–Trinajstić information content (AvgIpc) is 2.45. The van der Waals surface area contributed by atoms with E-state index in [9.17, 15) is 4.79 Å². The molecule has 0 unspecified atom stereocenters. The van der Waals surface area contributed by atoms with Crippen molar-refractivity contribution in [2.24, 2.45) is 5.73 Å². The molecule has 0 spiro atoms. The van der Waals surface area contributed by atoms with Crippen molar-refractivity contribution in [1.82, 2.24) is 0 Å². The van der Waals surface area contributed by atoms with Crippen molar-refractivity contribution < 1.29 is 9.53 Å². The number of nitrogens with two attached hydrogens (primary N) is 1. The first-order valence-corrected chi connectivity index (χ1v) is 6.68. The minimum Gasteiger partial charge on any atom is -0.488 e. The molecule has 0 heterocycles. The molecule has 0 aromatic heterocycles. The van der Waals surface area contributed by atoms with Gasteiger partial charge in [0, 0.05) is 0 Å². The van der Waals surface area contributed by atoms with Crippen LogP contribution >= 0.6 is 0 Å². The highest BCUT2D eigenvalue weighted by molar-refractivity contribution is 5.95. The fraction of sp³-hybridized carbons (Fsp3) is 0.235. The van der Waals surface area contributed by atoms with Crippen LogP contribution in [0.25, 0.3) is 0 Å². The van der Waals surface area contributed by atoms with Gasteiger partial charge in [0.05, 0.1) is 5.56 Å². The van der Waals surface area contributed by atoms with Crippen LogP contribution in [-0.2, 0) is 6.61 Å². The maximum absolute atomic E-state index is 11.3. The predicted molar refractivity (Wildman–Crippen MR) is 79.8 cm³/mol. The Hall–Kier alpha value is -2.29. The molecule has 0 atom stereocenters. The summed E-state index contributed by atoms with van der Waals surface area (Å²) in [5, 5.41) is 0. The molecule has 2 aromatic carbocycles. The van der Waals surface area contributed by atoms with Gasteiger partial charge in [0.1, 0.15) is 12.4 Å². The van der Waals surface area contributed by atoms with Crippen molar-refractivity contribution >= 4 is 5.91 Å². The van der Waals surface area contributed by atoms with Crippen LogP contribution in [0.4, 0.5) is 0 Å². The summed E-state index contributed by atoms with van der Waals surface area (Å²) in [6, 6.07) is 15.3. The zero-order valence-electron chi connectivity index (χ0n) is 11.8. The van der Waals surface area contributed by atoms with Gasteiger partial charge in [-0.05, 0) is 29.2 Å². The lowest BCUT2D eigenvalue weighted by Gasteiger charge is -2.10. The van der Waals surface area contributed by atoms with Crippen LogP contribution in [0.2, 0.25) is 0 Å². The van der Waals surface area contributed by atoms with Crippen LogP contribution in [0.15, 0.2) is 48.5 Å². The molecular formula is C17H19NO2. The first kappa shape index (κ1) is 14.1. The van der Waals surface area contributed by atoms with E-state index in [-0.39, 0.29) is 0 Å². The van der Waals surface area contributed by atoms with Crippen LogP contribution in [0.3, 0.4) is 0 Å². The lowest BCUT2D eigenvalue weighted by molar-refractivity contribution is 0.0996. The molecular weight excluding hydrogens is 250 g/mol. The van der Waals surface area contributed by atoms with E-state index in [4.69, 9.17) is 10.5 Å². The van der Waals surface area contributed by atoms with E-state index in [1.165, 1.54) is 5.56 Å². The minimum atomic E-state index is -0.476. The molecule has 0 aliphatic heterocycles. The Labute approximate surface area is 119 Å². The third-order valence-electron chi connectivity index (χ3n) is 3.19. The summed E-state index contributed by atoms with van der Waals surface area (Å²) in [5.74, 6) is 0.559. The molecule has 0 aliphatic carbocycles. The standard InChI is InChI=1S/C17H19NO2/c1-12(2)14-9-7-13(8-10-14)11-20-16-6-4-3-5-15(16)17(18)19/h3-10,12H,11H2,1-2H3,(H2,18,19). The third kappa shape index (κ3) is 3.38. The van der Waals surface area contributed by atoms with Gasteiger partial charge in [-0.15, -0.1) is 0 Å². The van der Waals surface area contributed by atoms with Crippen molar-refractivity contribution in [2.45, 2.75) is 26.4 Å². The molecule has 3 heteroatoms. The molecule has 2 N–H and O–H groups in total. The predicted octanol–water partition coefficient (Wildman–Crippen LogP) is 3.49. The van der Waals surface area contributed by atoms with E-state index >= 15 is 0 Å². The van der Waals surface area contributed by atoms with Gasteiger partial charge >= 0.3 is 0 Å². The summed E-state index contributed by atoms with van der Waals surface area (Å²) < 4.78 is 5.68. The second-order valence-corrected chi connectivity index (χ2v) is 5.05. The Bertz CT molecular complexity index is 588. The second kappa shape index (κ2) is 6.24. The van der Waals surface area contributed by atoms with Crippen molar-refractivity contribution in [2.75, 3.05) is 0 Å². The van der Waals surface area contributed by atoms with Crippen molar-refractivity contribution in [1.29, 1.82) is 0 Å². The summed E-state index contributed by atoms with van der Waals surface area (Å²) >= 11 is 0. The van der Waals surface area contributed by atoms with E-state index in [1.807, 2.05) is 18.2 Å². The maximum atomic E-state index is 11.3. The number of rotatable bonds is 5. The Kier molecular flexibility index (Phi) is 4.41. The van der Waals surface area contributed by atoms with Gasteiger partial charge in [0.2, 0.25) is 0 Å². The van der Waals surface area contributed by atoms with Gasteiger partial charge in [-0.3, -0.25) is 4.79 Å². The molecule has 0 radical (unpaired) electrons. The van der Waals surface area contributed by atoms with Gasteiger partial charge in [0.25, 0.3) is 5.91 Å². The molecule has 2 rings (SSSR count). The molecule has 0 aliphatic rings. The summed E-state index contributed by atoms with van der Waals surface area (Å²) in [7, 11) is 0. The van der Waals surface area contributed by atoms with E-state index < -0.39 is 5.91 Å². The van der Waals surface area contributed by atoms with Crippen molar-refractivity contribution in [3.63, 3.8) is 0 Å². The van der Waals surface area contributed by atoms with Crippen LogP contribution < -0.4 is 10.5 Å². The number of para-hydroxylation sites is 1. The highest BCUT2D eigenvalue weighted by Crippen LogP contribution is 2.20. The highest BCUT2D eigenvalue weighted by atomic mass is 16.5. The smallest absolute Gasteiger partial charge is 0.252 e. The van der Waals surface area contributed by atoms with Gasteiger partial charge in [-0.25, -0.2) is 0 Å². The van der Waals surface area contributed by atoms with Crippen LogP contribution in [0.5, 0.6) is 5.75 Å². The first-order valence-electron chi connectivity index (χ1n) is 6.68. The van der Waals surface area contributed by atoms with Crippen LogP contribution in [0, 0.1) is 0 Å². The van der Waals surface area contributed by atoms with Gasteiger partial charge in [-0.2, -0.15) is 0 Å². The summed E-state index contributed by atoms with van der Waals surface area (Å²) in [5.41, 5.74) is 8.09. The molecule has 0 saturated heterocycles. The van der Waals surface area contributed by atoms with Gasteiger partial charge < -0.3 is 10.5 Å². The number of carbonyl (C=O) groups excluding carboxylic acids is 1. The molecule has 3 nitrogen and oxygen atoms in total. The SMILES string of the molecule is CC(C)c1ccc(COc2ccccc2C(N)=O)cc1. The summed E-state index contributed by atoms with van der Waals surface area (Å²) in [6.45, 7) is 4.74. The van der Waals surface area contributed by atoms with Crippen molar-refractivity contribution in [3.05, 3.63) is 65.2 Å². The second-order valence-electron chi connectivity index (χ2n) is 5.05. The molecule has 2 aromatic rings. The van der Waals surface area contributed by atoms with E-state index in [0.717, 1.165) is 5.56 Å². The van der Waals surface area contributed by atoms with E-state index in [0.29, 0.717) is 23.8 Å². The number of hydrogen-bond donors (Lipinski definition) is 1. The fourth-order valence-corrected chi connectivity index (χ4v) is 1.96. The summed E-state index contributed by atoms with van der Waals surface area (Å²) in [4.78, 5) is 11.3. The van der Waals surface area contributed by atoms with Gasteiger partial charge in [-0.1, -0.05) is 50.2 Å². The zero-order valence-corrected chi connectivity index (χ0v) is 11.8. The number of primary amides is 1. The topological polar surface area (TPSA) is 52.3 Å². The first-order chi connectivity index (χ1) is 9.58. The Morgan fingerprint density at radius 1 is 1.10 bits per heavy atom. The Morgan fingerprint density at radius 2 is 1.75 bits per heavy atom. The van der Waals surface area contributed by atoms with Crippen LogP contribution in [-0.4, -0.2) is 5.91 Å². The lowest BCUT2D eigenvalue weighted by Crippen LogP contribution is -2.12. The van der Waals surface area contributed by atoms with E-state index in [2.05, 4.69) is 26.0 Å². The average molecular weight is 269 g/mol. The number of carbonyl (C=O) groups is 1. The largest absolute Gasteiger partial charge is 0.488 e. The number of hydrogen-bond acceptors (Lipinski definition) is 2. The monoisotopic (exact) mass is 269 g/mol. The minimum absolute atomic E-state index is 0.409. The Morgan fingerprint density at radius 3 is 2.35 bits per heavy atom. The lowest BCUT2D eigenvalue weighted by atomic mass is 10.0. The number of benzene rings is 2. The molecule has 1 amide bonds. The van der Waals surface area contributed by atoms with Crippen LogP contribution in [0.1, 0.15) is 41.3 Å². The molecule has 0 saturated carbocycles. The zero-order chi connectivity index (χ0) is 14.5.